The maximum absolute atomic E-state index is 13.6. The molecule has 0 unspecified atom stereocenters. The molecule has 0 saturated heterocycles. The molecule has 0 atom stereocenters. The fourth-order valence-corrected chi connectivity index (χ4v) is 4.94. The van der Waals surface area contributed by atoms with E-state index in [0.717, 1.165) is 19.7 Å². The summed E-state index contributed by atoms with van der Waals surface area (Å²) in [6.07, 6.45) is 0. The van der Waals surface area contributed by atoms with Crippen molar-refractivity contribution >= 4 is 49.1 Å². The number of nitrogens with zero attached hydrogens (tertiary/aromatic N) is 2. The lowest BCUT2D eigenvalue weighted by atomic mass is 10.2. The molecule has 0 radical (unpaired) electrons. The molecule has 120 valence electrons. The van der Waals surface area contributed by atoms with E-state index in [1.807, 2.05) is 0 Å². The molecule has 11 heteroatoms. The van der Waals surface area contributed by atoms with Crippen LogP contribution in [0, 0.1) is 6.92 Å². The minimum Gasteiger partial charge on any atom is -0.199 e. The average Bonchev–Trinajstić information content (AvgIpc) is 2.29. The van der Waals surface area contributed by atoms with Gasteiger partial charge >= 0.3 is 24.2 Å². The van der Waals surface area contributed by atoms with Crippen LogP contribution in [0.1, 0.15) is 5.56 Å². The zero-order chi connectivity index (χ0) is 16.6. The number of halogens is 3. The third-order valence-electron chi connectivity index (χ3n) is 2.43. The highest BCUT2D eigenvalue weighted by atomic mass is 35.5. The molecule has 0 amide bonds. The first-order chi connectivity index (χ1) is 9.31. The van der Waals surface area contributed by atoms with Crippen LogP contribution in [-0.2, 0) is 20.2 Å². The van der Waals surface area contributed by atoms with Gasteiger partial charge in [0.05, 0.1) is 5.69 Å². The van der Waals surface area contributed by atoms with Gasteiger partial charge in [0, 0.05) is 14.1 Å². The van der Waals surface area contributed by atoms with Crippen molar-refractivity contribution in [1.29, 1.82) is 0 Å². The summed E-state index contributed by atoms with van der Waals surface area (Å²) in [5.41, 5.74) is 0.444. The molecule has 0 aliphatic heterocycles. The monoisotopic (exact) mass is 378 g/mol. The van der Waals surface area contributed by atoms with Gasteiger partial charge in [-0.05, 0) is 42.3 Å². The van der Waals surface area contributed by atoms with E-state index in [-0.39, 0.29) is 9.40 Å². The van der Waals surface area contributed by atoms with Crippen LogP contribution >= 0.6 is 23.2 Å². The maximum atomic E-state index is 13.6. The quantitative estimate of drug-likeness (QED) is 0.734. The van der Waals surface area contributed by atoms with Crippen LogP contribution in [0.15, 0.2) is 24.3 Å². The number of benzene rings is 1. The van der Waals surface area contributed by atoms with Crippen LogP contribution in [-0.4, -0.2) is 39.2 Å². The summed E-state index contributed by atoms with van der Waals surface area (Å²) in [5.74, 6) is 0. The summed E-state index contributed by atoms with van der Waals surface area (Å²) in [4.78, 5) is 0. The van der Waals surface area contributed by atoms with E-state index in [1.165, 1.54) is 24.3 Å². The Bertz CT molecular complexity index is 712. The normalized spacial score (nSPS) is 13.5. The van der Waals surface area contributed by atoms with Crippen LogP contribution in [0.3, 0.4) is 0 Å². The minimum absolute atomic E-state index is 0.139. The van der Waals surface area contributed by atoms with E-state index < -0.39 is 24.2 Å². The summed E-state index contributed by atoms with van der Waals surface area (Å²) in [6, 6.07) is 5.33. The second-order valence-corrected chi connectivity index (χ2v) is 10.1. The van der Waals surface area contributed by atoms with Crippen molar-refractivity contribution in [2.45, 2.75) is 10.8 Å². The van der Waals surface area contributed by atoms with Crippen LogP contribution in [0.25, 0.3) is 0 Å². The van der Waals surface area contributed by atoms with Gasteiger partial charge in [-0.3, -0.25) is 0 Å². The summed E-state index contributed by atoms with van der Waals surface area (Å²) in [6.45, 7) is 1.71. The molecule has 0 fully saturated rings. The standard InChI is InChI=1S/C10H13Cl2FN2O4S2/c1-8-4-6-9(7-5-8)15(21(18,19)14(2)3)20(16,17)10(11,12)13/h4-7H,1-3H3. The van der Waals surface area contributed by atoms with Crippen molar-refractivity contribution in [3.05, 3.63) is 29.8 Å². The van der Waals surface area contributed by atoms with Crippen LogP contribution < -0.4 is 3.71 Å². The zero-order valence-electron chi connectivity index (χ0n) is 11.3. The molecule has 1 rings (SSSR count). The Morgan fingerprint density at radius 3 is 1.81 bits per heavy atom. The molecule has 0 aliphatic carbocycles. The number of hydrogen-bond acceptors (Lipinski definition) is 4. The predicted molar refractivity (Wildman–Crippen MR) is 80.7 cm³/mol. The second kappa shape index (κ2) is 5.88. The Hall–Kier alpha value is -0.610. The number of hydrogen-bond donors (Lipinski definition) is 0. The third kappa shape index (κ3) is 3.59. The van der Waals surface area contributed by atoms with E-state index in [4.69, 9.17) is 23.2 Å². The molecular formula is C10H13Cl2FN2O4S2. The van der Waals surface area contributed by atoms with Gasteiger partial charge in [0.25, 0.3) is 0 Å². The first-order valence-corrected chi connectivity index (χ1v) is 9.02. The van der Waals surface area contributed by atoms with Crippen molar-refractivity contribution in [3.8, 4) is 0 Å². The molecule has 1 aromatic rings. The van der Waals surface area contributed by atoms with Gasteiger partial charge in [0.1, 0.15) is 0 Å². The Labute approximate surface area is 133 Å². The third-order valence-corrected chi connectivity index (χ3v) is 7.54. The fraction of sp³-hybridized carbons (Fsp3) is 0.400. The van der Waals surface area contributed by atoms with Gasteiger partial charge in [-0.2, -0.15) is 25.5 Å². The number of rotatable bonds is 5. The molecule has 0 heterocycles. The molecule has 0 N–H and O–H groups in total. The summed E-state index contributed by atoms with van der Waals surface area (Å²) < 4.78 is 58.8. The van der Waals surface area contributed by atoms with Gasteiger partial charge in [-0.15, -0.1) is 3.71 Å². The van der Waals surface area contributed by atoms with E-state index in [0.29, 0.717) is 4.31 Å². The highest BCUT2D eigenvalue weighted by molar-refractivity contribution is 8.11. The summed E-state index contributed by atoms with van der Waals surface area (Å²) in [5, 5.41) is 0. The lowest BCUT2D eigenvalue weighted by Crippen LogP contribution is -2.48. The van der Waals surface area contributed by atoms with E-state index in [9.17, 15) is 21.2 Å². The Morgan fingerprint density at radius 2 is 1.48 bits per heavy atom. The SMILES string of the molecule is Cc1ccc(N(S(=O)(=O)N(C)C)S(=O)(=O)C(F)(Cl)Cl)cc1. The largest absolute Gasteiger partial charge is 0.377 e. The minimum atomic E-state index is -5.24. The molecule has 0 spiro atoms. The second-order valence-electron chi connectivity index (χ2n) is 4.27. The molecule has 0 saturated carbocycles. The first kappa shape index (κ1) is 18.4. The average molecular weight is 379 g/mol. The van der Waals surface area contributed by atoms with Gasteiger partial charge in [0.15, 0.2) is 0 Å². The van der Waals surface area contributed by atoms with E-state index >= 15 is 0 Å². The topological polar surface area (TPSA) is 74.8 Å². The lowest BCUT2D eigenvalue weighted by molar-refractivity contribution is 0.467. The maximum Gasteiger partial charge on any atom is 0.377 e. The molecule has 1 aromatic carbocycles. The number of alkyl halides is 3. The Kier molecular flexibility index (Phi) is 5.16. The number of aryl methyl sites for hydroxylation is 1. The molecule has 6 nitrogen and oxygen atoms in total. The van der Waals surface area contributed by atoms with Gasteiger partial charge < -0.3 is 0 Å². The highest BCUT2D eigenvalue weighted by Gasteiger charge is 2.50. The first-order valence-electron chi connectivity index (χ1n) is 5.42. The number of sulfonamides is 1. The summed E-state index contributed by atoms with van der Waals surface area (Å²) in [7, 11) is -7.63. The number of anilines is 1. The van der Waals surface area contributed by atoms with Gasteiger partial charge in [-0.1, -0.05) is 17.7 Å². The molecule has 0 aliphatic rings. The van der Waals surface area contributed by atoms with Crippen LogP contribution in [0.4, 0.5) is 10.1 Å². The molecular weight excluding hydrogens is 366 g/mol. The molecule has 21 heavy (non-hydrogen) atoms. The fourth-order valence-electron chi connectivity index (χ4n) is 1.30. The van der Waals surface area contributed by atoms with Gasteiger partial charge in [-0.25, -0.2) is 0 Å². The van der Waals surface area contributed by atoms with E-state index in [1.54, 1.807) is 6.92 Å². The van der Waals surface area contributed by atoms with Crippen molar-refractivity contribution in [2.24, 2.45) is 0 Å². The predicted octanol–water partition coefficient (Wildman–Crippen LogP) is 2.00. The molecule has 0 bridgehead atoms. The van der Waals surface area contributed by atoms with Crippen molar-refractivity contribution in [1.82, 2.24) is 4.31 Å². The highest BCUT2D eigenvalue weighted by Crippen LogP contribution is 2.37. The smallest absolute Gasteiger partial charge is 0.199 e. The van der Waals surface area contributed by atoms with Crippen molar-refractivity contribution in [2.75, 3.05) is 17.8 Å². The Balaban J connectivity index is 3.65. The van der Waals surface area contributed by atoms with Gasteiger partial charge in [0.2, 0.25) is 0 Å². The van der Waals surface area contributed by atoms with Crippen LogP contribution in [0.2, 0.25) is 0 Å². The Morgan fingerprint density at radius 1 is 1.05 bits per heavy atom. The van der Waals surface area contributed by atoms with Crippen molar-refractivity contribution < 1.29 is 21.2 Å². The zero-order valence-corrected chi connectivity index (χ0v) is 14.4. The summed E-state index contributed by atoms with van der Waals surface area (Å²) >= 11 is 10.00. The van der Waals surface area contributed by atoms with Crippen molar-refractivity contribution in [3.63, 3.8) is 0 Å². The lowest BCUT2D eigenvalue weighted by Gasteiger charge is -2.28. The van der Waals surface area contributed by atoms with Crippen LogP contribution in [0.5, 0.6) is 0 Å². The van der Waals surface area contributed by atoms with E-state index in [2.05, 4.69) is 0 Å². The molecule has 0 aromatic heterocycles.